The summed E-state index contributed by atoms with van der Waals surface area (Å²) in [4.78, 5) is 1.47. The van der Waals surface area contributed by atoms with Gasteiger partial charge in [-0.15, -0.1) is 33.5 Å². The standard InChI is InChI=1S/C17H18BPS3/c1-19(2)10-9-14(15-6-3-11-20-15)18(19,16-7-4-12-21-16)17-8-5-13-22-17/h3-9,11-13H,10H2,1-2H3. The molecule has 22 heavy (non-hydrogen) atoms. The highest BCUT2D eigenvalue weighted by atomic mass is 32.1. The molecule has 5 heteroatoms. The highest BCUT2D eigenvalue weighted by Gasteiger charge is 2.55. The molecule has 0 aliphatic carbocycles. The van der Waals surface area contributed by atoms with Crippen LogP contribution in [0.4, 0.5) is 0 Å². The third kappa shape index (κ3) is 1.98. The second-order valence-electron chi connectivity index (χ2n) is 6.45. The van der Waals surface area contributed by atoms with Gasteiger partial charge in [0.15, 0.2) is 0 Å². The van der Waals surface area contributed by atoms with Gasteiger partial charge >= 0.3 is 0 Å². The normalized spacial score (nSPS) is 19.3. The smallest absolute Gasteiger partial charge is 0.187 e. The number of thiophene rings is 3. The van der Waals surface area contributed by atoms with Crippen LogP contribution in [0.5, 0.6) is 0 Å². The van der Waals surface area contributed by atoms with Gasteiger partial charge < -0.3 is 0 Å². The summed E-state index contributed by atoms with van der Waals surface area (Å²) in [5.41, 5.74) is 1.61. The first-order chi connectivity index (χ1) is 10.7. The molecule has 0 bridgehead atoms. The van der Waals surface area contributed by atoms with Crippen molar-refractivity contribution in [1.29, 1.82) is 0 Å². The molecule has 112 valence electrons. The fourth-order valence-electron chi connectivity index (χ4n) is 3.98. The van der Waals surface area contributed by atoms with Crippen LogP contribution in [-0.2, 0) is 0 Å². The van der Waals surface area contributed by atoms with Crippen LogP contribution in [0.2, 0.25) is 0 Å². The van der Waals surface area contributed by atoms with E-state index in [0.29, 0.717) is 0 Å². The summed E-state index contributed by atoms with van der Waals surface area (Å²) in [6.45, 7) is 5.12. The predicted octanol–water partition coefficient (Wildman–Crippen LogP) is 4.84. The summed E-state index contributed by atoms with van der Waals surface area (Å²) < 4.78 is 3.16. The first kappa shape index (κ1) is 14.9. The lowest BCUT2D eigenvalue weighted by Gasteiger charge is -2.43. The topological polar surface area (TPSA) is 0 Å². The molecule has 4 rings (SSSR count). The summed E-state index contributed by atoms with van der Waals surface area (Å²) in [6, 6.07) is 13.7. The second-order valence-corrected chi connectivity index (χ2v) is 14.1. The van der Waals surface area contributed by atoms with Gasteiger partial charge in [0.2, 0.25) is 0 Å². The molecule has 1 aliphatic heterocycles. The zero-order chi connectivity index (χ0) is 15.2. The molecule has 0 unspecified atom stereocenters. The molecule has 0 nitrogen and oxygen atoms in total. The second kappa shape index (κ2) is 5.45. The minimum Gasteiger partial charge on any atom is -0.187 e. The Morgan fingerprint density at radius 2 is 1.45 bits per heavy atom. The van der Waals surface area contributed by atoms with Gasteiger partial charge in [-0.1, -0.05) is 36.4 Å². The van der Waals surface area contributed by atoms with E-state index in [2.05, 4.69) is 71.9 Å². The van der Waals surface area contributed by atoms with E-state index in [0.717, 1.165) is 0 Å². The lowest BCUT2D eigenvalue weighted by atomic mass is 9.39. The summed E-state index contributed by atoms with van der Waals surface area (Å²) in [7, 11) is -1.11. The first-order valence-corrected chi connectivity index (χ1v) is 13.0. The molecule has 0 aromatic carbocycles. The lowest BCUT2D eigenvalue weighted by Crippen LogP contribution is -2.57. The van der Waals surface area contributed by atoms with Crippen LogP contribution < -0.4 is 9.55 Å². The van der Waals surface area contributed by atoms with E-state index in [1.54, 1.807) is 15.0 Å². The number of hydrogen-bond acceptors (Lipinski definition) is 3. The Kier molecular flexibility index (Phi) is 3.69. The van der Waals surface area contributed by atoms with Crippen LogP contribution in [0.1, 0.15) is 4.88 Å². The molecule has 0 radical (unpaired) electrons. The third-order valence-electron chi connectivity index (χ3n) is 5.00. The van der Waals surface area contributed by atoms with Crippen molar-refractivity contribution in [3.8, 4) is 0 Å². The minimum absolute atomic E-state index is 0.766. The van der Waals surface area contributed by atoms with Gasteiger partial charge in [0.25, 0.3) is 5.87 Å². The fraction of sp³-hybridized carbons (Fsp3) is 0.176. The van der Waals surface area contributed by atoms with Crippen molar-refractivity contribution in [2.45, 2.75) is 0 Å². The van der Waals surface area contributed by atoms with Gasteiger partial charge in [0.05, 0.1) is 0 Å². The van der Waals surface area contributed by atoms with Crippen molar-refractivity contribution in [2.24, 2.45) is 0 Å². The molecule has 0 amide bonds. The maximum absolute atomic E-state index is 2.56. The van der Waals surface area contributed by atoms with Crippen LogP contribution in [-0.4, -0.2) is 25.4 Å². The van der Waals surface area contributed by atoms with Crippen molar-refractivity contribution in [3.63, 3.8) is 0 Å². The Bertz CT molecular complexity index is 749. The van der Waals surface area contributed by atoms with E-state index in [1.807, 2.05) is 34.0 Å². The minimum atomic E-state index is -1.11. The number of hydrogen-bond donors (Lipinski definition) is 0. The van der Waals surface area contributed by atoms with E-state index < -0.39 is 13.0 Å². The van der Waals surface area contributed by atoms with Crippen molar-refractivity contribution < 1.29 is 0 Å². The maximum atomic E-state index is 2.56. The predicted molar refractivity (Wildman–Crippen MR) is 110 cm³/mol. The van der Waals surface area contributed by atoms with Crippen molar-refractivity contribution in [1.82, 2.24) is 0 Å². The van der Waals surface area contributed by atoms with E-state index in [-0.39, 0.29) is 0 Å². The molecule has 3 aromatic rings. The molecular formula is C17H18BPS3. The molecule has 0 atom stereocenters. The number of allylic oxidation sites excluding steroid dienone is 1. The Hall–Kier alpha value is -0.665. The molecule has 0 N–H and O–H groups in total. The van der Waals surface area contributed by atoms with Crippen LogP contribution in [0.3, 0.4) is 0 Å². The van der Waals surface area contributed by atoms with Gasteiger partial charge in [0, 0.05) is 19.5 Å². The number of rotatable bonds is 3. The van der Waals surface area contributed by atoms with Crippen LogP contribution >= 0.6 is 41.2 Å². The highest BCUT2D eigenvalue weighted by molar-refractivity contribution is 8.15. The van der Waals surface area contributed by atoms with Crippen molar-refractivity contribution in [2.75, 3.05) is 19.5 Å². The monoisotopic (exact) mass is 360 g/mol. The zero-order valence-corrected chi connectivity index (χ0v) is 16.1. The molecule has 4 heterocycles. The van der Waals surface area contributed by atoms with E-state index in [4.69, 9.17) is 0 Å². The fourth-order valence-corrected chi connectivity index (χ4v) is 12.5. The summed E-state index contributed by atoms with van der Waals surface area (Å²) in [5, 5.41) is 6.71. The maximum Gasteiger partial charge on any atom is 0.265 e. The summed E-state index contributed by atoms with van der Waals surface area (Å²) >= 11 is 5.79. The Morgan fingerprint density at radius 1 is 0.864 bits per heavy atom. The van der Waals surface area contributed by atoms with Crippen LogP contribution in [0, 0.1) is 0 Å². The van der Waals surface area contributed by atoms with Crippen LogP contribution in [0.15, 0.2) is 58.6 Å². The molecule has 0 spiro atoms. The van der Waals surface area contributed by atoms with Crippen molar-refractivity contribution >= 4 is 62.0 Å². The highest BCUT2D eigenvalue weighted by Crippen LogP contribution is 2.68. The molecular weight excluding hydrogens is 342 g/mol. The average Bonchev–Trinajstić information content (AvgIpc) is 3.27. The Labute approximate surface area is 144 Å². The molecule has 0 saturated carbocycles. The quantitative estimate of drug-likeness (QED) is 0.463. The van der Waals surface area contributed by atoms with E-state index in [9.17, 15) is 0 Å². The van der Waals surface area contributed by atoms with E-state index in [1.165, 1.54) is 11.0 Å². The Balaban J connectivity index is 2.04. The van der Waals surface area contributed by atoms with Gasteiger partial charge in [0.1, 0.15) is 0 Å². The van der Waals surface area contributed by atoms with Gasteiger partial charge in [-0.25, -0.2) is 0 Å². The summed E-state index contributed by atoms with van der Waals surface area (Å²) in [5.74, 6) is -0.766. The third-order valence-corrected chi connectivity index (χ3v) is 12.4. The first-order valence-electron chi connectivity index (χ1n) is 7.47. The van der Waals surface area contributed by atoms with Crippen LogP contribution in [0.25, 0.3) is 5.47 Å². The summed E-state index contributed by atoms with van der Waals surface area (Å²) in [6.07, 6.45) is 3.81. The lowest BCUT2D eigenvalue weighted by molar-refractivity contribution is 1.75. The Morgan fingerprint density at radius 3 is 1.95 bits per heavy atom. The zero-order valence-electron chi connectivity index (χ0n) is 12.7. The van der Waals surface area contributed by atoms with Crippen molar-refractivity contribution in [3.05, 3.63) is 63.5 Å². The molecule has 0 saturated heterocycles. The van der Waals surface area contributed by atoms with Gasteiger partial charge in [-0.2, -0.15) is 22.7 Å². The molecule has 3 aromatic heterocycles. The van der Waals surface area contributed by atoms with E-state index >= 15 is 0 Å². The SMILES string of the molecule is C[P+]1(C)CC=C(c2cccs2)[B-]1(c1cccs1)c1cccs1. The van der Waals surface area contributed by atoms with Gasteiger partial charge in [-0.05, 0) is 27.1 Å². The largest absolute Gasteiger partial charge is 0.265 e. The average molecular weight is 360 g/mol. The molecule has 0 fully saturated rings. The molecule has 1 aliphatic rings. The van der Waals surface area contributed by atoms with Gasteiger partial charge in [-0.3, -0.25) is 0 Å².